The molecule has 0 radical (unpaired) electrons. The van der Waals surface area contributed by atoms with Gasteiger partial charge in [-0.15, -0.1) is 5.10 Å². The monoisotopic (exact) mass is 539 g/mol. The number of benzene rings is 1. The molecule has 1 aromatic carbocycles. The van der Waals surface area contributed by atoms with E-state index in [4.69, 9.17) is 14.5 Å². The number of pyridine rings is 1. The maximum Gasteiger partial charge on any atom is 0.415 e. The lowest BCUT2D eigenvalue weighted by Gasteiger charge is -2.22. The first-order valence-electron chi connectivity index (χ1n) is 13.1. The summed E-state index contributed by atoms with van der Waals surface area (Å²) in [4.78, 5) is 44.1. The van der Waals surface area contributed by atoms with Crippen LogP contribution in [0.2, 0.25) is 0 Å². The fourth-order valence-electron chi connectivity index (χ4n) is 6.63. The lowest BCUT2D eigenvalue weighted by molar-refractivity contribution is -0.150. The molecule has 5 heterocycles. The number of cyclic esters (lactones) is 1. The van der Waals surface area contributed by atoms with E-state index in [0.717, 1.165) is 22.4 Å². The normalized spacial score (nSPS) is 27.4. The summed E-state index contributed by atoms with van der Waals surface area (Å²) in [5.74, 6) is -0.717. The van der Waals surface area contributed by atoms with E-state index >= 15 is 0 Å². The summed E-state index contributed by atoms with van der Waals surface area (Å²) < 4.78 is 12.1. The number of amides is 2. The molecule has 2 amide bonds. The number of rotatable bonds is 6. The van der Waals surface area contributed by atoms with E-state index in [1.54, 1.807) is 33.1 Å². The lowest BCUT2D eigenvalue weighted by Crippen LogP contribution is -2.37. The number of carbonyl (C=O) groups excluding carboxylic acids is 3. The number of nitriles is 1. The average Bonchev–Trinajstić information content (AvgIpc) is 3.55. The molecule has 0 spiro atoms. The van der Waals surface area contributed by atoms with Crippen molar-refractivity contribution in [3.05, 3.63) is 60.2 Å². The van der Waals surface area contributed by atoms with Crippen LogP contribution in [-0.2, 0) is 37.4 Å². The molecule has 4 atom stereocenters. The van der Waals surface area contributed by atoms with E-state index in [0.29, 0.717) is 31.7 Å². The highest BCUT2D eigenvalue weighted by Gasteiger charge is 2.71. The smallest absolute Gasteiger partial charge is 0.415 e. The van der Waals surface area contributed by atoms with Gasteiger partial charge in [-0.05, 0) is 35.7 Å². The Morgan fingerprint density at radius 1 is 1.20 bits per heavy atom. The molecule has 1 aliphatic carbocycles. The lowest BCUT2D eigenvalue weighted by atomic mass is 9.95. The molecule has 2 saturated heterocycles. The Kier molecular flexibility index (Phi) is 5.38. The first-order valence-corrected chi connectivity index (χ1v) is 13.1. The molecule has 3 aromatic rings. The predicted octanol–water partition coefficient (Wildman–Crippen LogP) is 1.70. The minimum atomic E-state index is -0.709. The van der Waals surface area contributed by atoms with Crippen LogP contribution in [0, 0.1) is 23.2 Å². The van der Waals surface area contributed by atoms with Crippen LogP contribution in [0.15, 0.2) is 48.9 Å². The van der Waals surface area contributed by atoms with Gasteiger partial charge in [0.05, 0.1) is 36.2 Å². The summed E-state index contributed by atoms with van der Waals surface area (Å²) in [6.45, 7) is 2.34. The van der Waals surface area contributed by atoms with Gasteiger partial charge >= 0.3 is 12.1 Å². The van der Waals surface area contributed by atoms with Gasteiger partial charge in [-0.25, -0.2) is 9.48 Å². The Morgan fingerprint density at radius 3 is 2.67 bits per heavy atom. The van der Waals surface area contributed by atoms with Crippen LogP contribution in [0.5, 0.6) is 0 Å². The van der Waals surface area contributed by atoms with E-state index in [1.165, 1.54) is 6.92 Å². The minimum absolute atomic E-state index is 0.0100. The highest BCUT2D eigenvalue weighted by molar-refractivity contribution is 5.94. The summed E-state index contributed by atoms with van der Waals surface area (Å²) in [5.41, 5.74) is 3.81. The fraction of sp³-hybridized carbons (Fsp3) is 0.393. The summed E-state index contributed by atoms with van der Waals surface area (Å²) >= 11 is 0. The van der Waals surface area contributed by atoms with E-state index < -0.39 is 11.4 Å². The molecule has 12 nitrogen and oxygen atoms in total. The Labute approximate surface area is 229 Å². The van der Waals surface area contributed by atoms with Gasteiger partial charge in [0.15, 0.2) is 6.61 Å². The van der Waals surface area contributed by atoms with E-state index in [-0.39, 0.29) is 42.6 Å². The SMILES string of the molecule is CC(=O)OCC(=O)N1CC2C(C1)C2(C#N)c1ccc(-c2ccc3c(c2)C[C@H]2C(Cn4ccnn4)OC(=O)N32)cn1. The summed E-state index contributed by atoms with van der Waals surface area (Å²) in [6, 6.07) is 12.2. The molecule has 12 heteroatoms. The number of likely N-dealkylation sites (tertiary alicyclic amines) is 1. The second kappa shape index (κ2) is 8.87. The van der Waals surface area contributed by atoms with Crippen LogP contribution in [0.3, 0.4) is 0 Å². The quantitative estimate of drug-likeness (QED) is 0.428. The molecule has 40 heavy (non-hydrogen) atoms. The zero-order chi connectivity index (χ0) is 27.6. The molecule has 1 saturated carbocycles. The minimum Gasteiger partial charge on any atom is -0.456 e. The van der Waals surface area contributed by atoms with Crippen molar-refractivity contribution < 1.29 is 23.9 Å². The second-order valence-corrected chi connectivity index (χ2v) is 10.7. The molecule has 2 aromatic heterocycles. The number of hydrogen-bond acceptors (Lipinski definition) is 9. The molecule has 3 aliphatic heterocycles. The van der Waals surface area contributed by atoms with Crippen molar-refractivity contribution in [1.82, 2.24) is 24.9 Å². The molecular weight excluding hydrogens is 514 g/mol. The Bertz CT molecular complexity index is 1550. The van der Waals surface area contributed by atoms with Crippen molar-refractivity contribution in [2.45, 2.75) is 37.5 Å². The first-order chi connectivity index (χ1) is 19.4. The van der Waals surface area contributed by atoms with Crippen molar-refractivity contribution >= 4 is 23.7 Å². The van der Waals surface area contributed by atoms with Gasteiger partial charge in [0, 0.05) is 49.8 Å². The number of ether oxygens (including phenoxy) is 2. The van der Waals surface area contributed by atoms with Gasteiger partial charge in [0.25, 0.3) is 5.91 Å². The standard InChI is InChI=1S/C28H25N7O5/c1-16(36)39-14-26(37)33-11-20-21(12-33)28(20,15-29)25-5-3-18(10-30-25)17-2-4-22-19(8-17)9-23-24(40-27(38)35(22)23)13-34-7-6-31-32-34/h2-8,10,20-21,23-24H,9,11-14H2,1H3/t20?,21?,23-,24?,28?/m0/s1. The van der Waals surface area contributed by atoms with E-state index in [1.807, 2.05) is 24.3 Å². The van der Waals surface area contributed by atoms with Crippen molar-refractivity contribution in [1.29, 1.82) is 5.26 Å². The Balaban J connectivity index is 1.05. The Morgan fingerprint density at radius 2 is 2.00 bits per heavy atom. The van der Waals surface area contributed by atoms with E-state index in [2.05, 4.69) is 22.4 Å². The van der Waals surface area contributed by atoms with E-state index in [9.17, 15) is 19.6 Å². The van der Waals surface area contributed by atoms with Gasteiger partial charge in [0.1, 0.15) is 11.5 Å². The first kappa shape index (κ1) is 24.3. The molecule has 7 rings (SSSR count). The third kappa shape index (κ3) is 3.65. The average molecular weight is 540 g/mol. The van der Waals surface area contributed by atoms with Crippen LogP contribution < -0.4 is 4.90 Å². The van der Waals surface area contributed by atoms with Crippen molar-refractivity contribution in [3.63, 3.8) is 0 Å². The molecule has 3 fully saturated rings. The van der Waals surface area contributed by atoms with Crippen LogP contribution >= 0.6 is 0 Å². The largest absolute Gasteiger partial charge is 0.456 e. The highest BCUT2D eigenvalue weighted by atomic mass is 16.6. The molecular formula is C28H25N7O5. The van der Waals surface area contributed by atoms with Gasteiger partial charge < -0.3 is 14.4 Å². The summed E-state index contributed by atoms with van der Waals surface area (Å²) in [7, 11) is 0. The van der Waals surface area contributed by atoms with Crippen LogP contribution in [0.25, 0.3) is 11.1 Å². The third-order valence-electron chi connectivity index (χ3n) is 8.65. The van der Waals surface area contributed by atoms with Gasteiger partial charge in [-0.3, -0.25) is 19.5 Å². The fourth-order valence-corrected chi connectivity index (χ4v) is 6.63. The van der Waals surface area contributed by atoms with Gasteiger partial charge in [0.2, 0.25) is 0 Å². The maximum atomic E-state index is 12.7. The van der Waals surface area contributed by atoms with Gasteiger partial charge in [-0.2, -0.15) is 5.26 Å². The third-order valence-corrected chi connectivity index (χ3v) is 8.65. The number of nitrogens with zero attached hydrogens (tertiary/aromatic N) is 7. The predicted molar refractivity (Wildman–Crippen MR) is 137 cm³/mol. The number of anilines is 1. The Hall–Kier alpha value is -4.79. The van der Waals surface area contributed by atoms with Crippen LogP contribution in [0.1, 0.15) is 18.2 Å². The topological polar surface area (TPSA) is 144 Å². The molecule has 4 aliphatic rings. The van der Waals surface area contributed by atoms with Crippen molar-refractivity contribution in [2.24, 2.45) is 11.8 Å². The summed E-state index contributed by atoms with van der Waals surface area (Å²) in [6.07, 6.45) is 5.13. The zero-order valence-corrected chi connectivity index (χ0v) is 21.6. The number of aromatic nitrogens is 4. The number of carbonyl (C=O) groups is 3. The van der Waals surface area contributed by atoms with Crippen molar-refractivity contribution in [3.8, 4) is 17.2 Å². The molecule has 0 bridgehead atoms. The molecule has 3 unspecified atom stereocenters. The number of hydrogen-bond donors (Lipinski definition) is 0. The maximum absolute atomic E-state index is 12.7. The second-order valence-electron chi connectivity index (χ2n) is 10.7. The van der Waals surface area contributed by atoms with Crippen LogP contribution in [-0.4, -0.2) is 74.7 Å². The van der Waals surface area contributed by atoms with Gasteiger partial charge in [-0.1, -0.05) is 17.3 Å². The molecule has 0 N–H and O–H groups in total. The zero-order valence-electron chi connectivity index (χ0n) is 21.6. The highest BCUT2D eigenvalue weighted by Crippen LogP contribution is 2.62. The van der Waals surface area contributed by atoms with Crippen LogP contribution in [0.4, 0.5) is 10.5 Å². The van der Waals surface area contributed by atoms with Crippen molar-refractivity contribution in [2.75, 3.05) is 24.6 Å². The number of piperidine rings is 1. The molecule has 202 valence electrons. The summed E-state index contributed by atoms with van der Waals surface area (Å²) in [5, 5.41) is 17.9. The number of esters is 1. The number of fused-ring (bicyclic) bond motifs is 4.